The number of aromatic nitrogens is 3. The van der Waals surface area contributed by atoms with E-state index in [1.54, 1.807) is 12.4 Å². The number of hydrogen-bond acceptors (Lipinski definition) is 6. The number of hydrogen-bond donors (Lipinski definition) is 3. The first-order valence-corrected chi connectivity index (χ1v) is 8.29. The minimum atomic E-state index is -0.141. The van der Waals surface area contributed by atoms with Crippen LogP contribution in [-0.4, -0.2) is 38.7 Å². The normalized spacial score (nSPS) is 23.2. The molecule has 120 valence electrons. The van der Waals surface area contributed by atoms with E-state index in [2.05, 4.69) is 20.6 Å². The van der Waals surface area contributed by atoms with Gasteiger partial charge in [0, 0.05) is 36.1 Å². The van der Waals surface area contributed by atoms with E-state index in [9.17, 15) is 5.11 Å². The predicted molar refractivity (Wildman–Crippen MR) is 89.3 cm³/mol. The van der Waals surface area contributed by atoms with E-state index >= 15 is 0 Å². The molecule has 1 aliphatic heterocycles. The molecule has 0 saturated heterocycles. The van der Waals surface area contributed by atoms with Crippen molar-refractivity contribution in [1.82, 2.24) is 15.0 Å². The second kappa shape index (κ2) is 6.12. The molecule has 1 fully saturated rings. The van der Waals surface area contributed by atoms with Gasteiger partial charge >= 0.3 is 0 Å². The van der Waals surface area contributed by atoms with E-state index in [-0.39, 0.29) is 6.10 Å². The number of nitrogens with zero attached hydrogens (tertiary/aromatic N) is 3. The summed E-state index contributed by atoms with van der Waals surface area (Å²) in [5.74, 6) is 2.59. The zero-order valence-corrected chi connectivity index (χ0v) is 13.0. The molecular weight excluding hydrogens is 290 g/mol. The number of pyridine rings is 1. The number of fused-ring (bicyclic) bond motifs is 1. The van der Waals surface area contributed by atoms with Gasteiger partial charge in [-0.3, -0.25) is 4.98 Å². The molecule has 23 heavy (non-hydrogen) atoms. The van der Waals surface area contributed by atoms with Gasteiger partial charge in [0.05, 0.1) is 6.10 Å². The maximum absolute atomic E-state index is 9.67. The quantitative estimate of drug-likeness (QED) is 0.806. The van der Waals surface area contributed by atoms with Crippen LogP contribution in [0.3, 0.4) is 0 Å². The summed E-state index contributed by atoms with van der Waals surface area (Å²) in [5.41, 5.74) is 2.15. The fraction of sp³-hybridized carbons (Fsp3) is 0.471. The van der Waals surface area contributed by atoms with Gasteiger partial charge in [-0.1, -0.05) is 0 Å². The summed E-state index contributed by atoms with van der Waals surface area (Å²) in [4.78, 5) is 13.5. The Bertz CT molecular complexity index is 683. The lowest BCUT2D eigenvalue weighted by atomic mass is 9.93. The van der Waals surface area contributed by atoms with Gasteiger partial charge < -0.3 is 15.7 Å². The van der Waals surface area contributed by atoms with E-state index in [0.717, 1.165) is 61.7 Å². The van der Waals surface area contributed by atoms with Crippen LogP contribution in [0, 0.1) is 0 Å². The first-order valence-electron chi connectivity index (χ1n) is 8.29. The van der Waals surface area contributed by atoms with Gasteiger partial charge in [0.25, 0.3) is 0 Å². The highest BCUT2D eigenvalue weighted by atomic mass is 16.3. The van der Waals surface area contributed by atoms with E-state index < -0.39 is 0 Å². The Hall–Kier alpha value is -2.21. The topological polar surface area (TPSA) is 83.0 Å². The van der Waals surface area contributed by atoms with Gasteiger partial charge in [0.2, 0.25) is 0 Å². The van der Waals surface area contributed by atoms with Crippen molar-refractivity contribution in [1.29, 1.82) is 0 Å². The van der Waals surface area contributed by atoms with Gasteiger partial charge in [-0.05, 0) is 44.2 Å². The van der Waals surface area contributed by atoms with Crippen LogP contribution < -0.4 is 10.6 Å². The second-order valence-electron chi connectivity index (χ2n) is 6.29. The van der Waals surface area contributed by atoms with Crippen molar-refractivity contribution >= 4 is 11.6 Å². The monoisotopic (exact) mass is 311 g/mol. The molecule has 0 atom stereocenters. The Balaban J connectivity index is 1.64. The Morgan fingerprint density at radius 2 is 1.87 bits per heavy atom. The molecule has 3 heterocycles. The van der Waals surface area contributed by atoms with E-state index in [0.29, 0.717) is 6.04 Å². The first-order chi connectivity index (χ1) is 11.3. The number of anilines is 2. The summed E-state index contributed by atoms with van der Waals surface area (Å²) in [5, 5.41) is 16.6. The fourth-order valence-electron chi connectivity index (χ4n) is 3.34. The van der Waals surface area contributed by atoms with Crippen molar-refractivity contribution in [3.63, 3.8) is 0 Å². The van der Waals surface area contributed by atoms with Crippen LogP contribution >= 0.6 is 0 Å². The molecule has 0 aromatic carbocycles. The molecule has 1 saturated carbocycles. The van der Waals surface area contributed by atoms with Crippen molar-refractivity contribution in [2.24, 2.45) is 0 Å². The maximum Gasteiger partial charge on any atom is 0.163 e. The van der Waals surface area contributed by atoms with Crippen LogP contribution in [-0.2, 0) is 6.42 Å². The summed E-state index contributed by atoms with van der Waals surface area (Å²) in [6.45, 7) is 0.905. The Labute approximate surface area is 135 Å². The molecule has 4 rings (SSSR count). The summed E-state index contributed by atoms with van der Waals surface area (Å²) in [6, 6.07) is 4.23. The lowest BCUT2D eigenvalue weighted by Crippen LogP contribution is -2.29. The van der Waals surface area contributed by atoms with Gasteiger partial charge in [0.1, 0.15) is 11.6 Å². The largest absolute Gasteiger partial charge is 0.393 e. The molecule has 6 heteroatoms. The fourth-order valence-corrected chi connectivity index (χ4v) is 3.34. The summed E-state index contributed by atoms with van der Waals surface area (Å²) in [6.07, 6.45) is 8.02. The zero-order valence-electron chi connectivity index (χ0n) is 13.0. The predicted octanol–water partition coefficient (Wildman–Crippen LogP) is 2.22. The highest BCUT2D eigenvalue weighted by Crippen LogP contribution is 2.31. The van der Waals surface area contributed by atoms with Crippen LogP contribution in [0.1, 0.15) is 31.2 Å². The summed E-state index contributed by atoms with van der Waals surface area (Å²) in [7, 11) is 0. The minimum absolute atomic E-state index is 0.141. The van der Waals surface area contributed by atoms with Gasteiger partial charge in [-0.2, -0.15) is 0 Å². The van der Waals surface area contributed by atoms with E-state index in [4.69, 9.17) is 4.98 Å². The average molecular weight is 311 g/mol. The molecular formula is C17H21N5O. The van der Waals surface area contributed by atoms with Crippen molar-refractivity contribution < 1.29 is 5.11 Å². The average Bonchev–Trinajstić information content (AvgIpc) is 3.06. The third-order valence-electron chi connectivity index (χ3n) is 4.65. The van der Waals surface area contributed by atoms with Crippen molar-refractivity contribution in [2.45, 2.75) is 44.2 Å². The van der Waals surface area contributed by atoms with Gasteiger partial charge in [0.15, 0.2) is 5.82 Å². The zero-order chi connectivity index (χ0) is 15.6. The SMILES string of the molecule is OC1CCC(Nc2nc(-c3ccncc3)nc3c2CCN3)CC1. The molecule has 0 spiro atoms. The number of aliphatic hydroxyl groups is 1. The van der Waals surface area contributed by atoms with Crippen LogP contribution in [0.2, 0.25) is 0 Å². The van der Waals surface area contributed by atoms with Crippen LogP contribution in [0.5, 0.6) is 0 Å². The molecule has 3 N–H and O–H groups in total. The van der Waals surface area contributed by atoms with Crippen molar-refractivity contribution in [3.05, 3.63) is 30.1 Å². The molecule has 2 aromatic heterocycles. The second-order valence-corrected chi connectivity index (χ2v) is 6.29. The third kappa shape index (κ3) is 2.99. The number of aliphatic hydroxyl groups excluding tert-OH is 1. The van der Waals surface area contributed by atoms with Gasteiger partial charge in [-0.15, -0.1) is 0 Å². The third-order valence-corrected chi connectivity index (χ3v) is 4.65. The highest BCUT2D eigenvalue weighted by molar-refractivity contribution is 5.67. The molecule has 6 nitrogen and oxygen atoms in total. The maximum atomic E-state index is 9.67. The lowest BCUT2D eigenvalue weighted by Gasteiger charge is -2.27. The highest BCUT2D eigenvalue weighted by Gasteiger charge is 2.24. The first kappa shape index (κ1) is 14.4. The molecule has 0 unspecified atom stereocenters. The molecule has 0 bridgehead atoms. The summed E-state index contributed by atoms with van der Waals surface area (Å²) < 4.78 is 0. The molecule has 2 aromatic rings. The Morgan fingerprint density at radius 1 is 1.09 bits per heavy atom. The minimum Gasteiger partial charge on any atom is -0.393 e. The standard InChI is InChI=1S/C17H21N5O/c23-13-3-1-12(2-4-13)20-17-14-7-10-19-16(14)21-15(22-17)11-5-8-18-9-6-11/h5-6,8-9,12-13,23H,1-4,7,10H2,(H2,19,20,21,22). The molecule has 0 radical (unpaired) electrons. The number of rotatable bonds is 3. The number of nitrogens with one attached hydrogen (secondary N) is 2. The molecule has 0 amide bonds. The van der Waals surface area contributed by atoms with E-state index in [1.165, 1.54) is 5.56 Å². The van der Waals surface area contributed by atoms with Crippen molar-refractivity contribution in [2.75, 3.05) is 17.2 Å². The molecule has 1 aliphatic carbocycles. The molecule has 2 aliphatic rings. The van der Waals surface area contributed by atoms with Crippen molar-refractivity contribution in [3.8, 4) is 11.4 Å². The van der Waals surface area contributed by atoms with E-state index in [1.807, 2.05) is 12.1 Å². The van der Waals surface area contributed by atoms with Crippen LogP contribution in [0.25, 0.3) is 11.4 Å². The lowest BCUT2D eigenvalue weighted by molar-refractivity contribution is 0.126. The Morgan fingerprint density at radius 3 is 2.65 bits per heavy atom. The van der Waals surface area contributed by atoms with Crippen LogP contribution in [0.4, 0.5) is 11.6 Å². The Kier molecular flexibility index (Phi) is 3.83. The smallest absolute Gasteiger partial charge is 0.163 e. The summed E-state index contributed by atoms with van der Waals surface area (Å²) >= 11 is 0. The van der Waals surface area contributed by atoms with Gasteiger partial charge in [-0.25, -0.2) is 9.97 Å². The van der Waals surface area contributed by atoms with Crippen LogP contribution in [0.15, 0.2) is 24.5 Å².